The van der Waals surface area contributed by atoms with Crippen LogP contribution in [-0.2, 0) is 4.79 Å². The standard InChI is InChI=1S/C16H22Cl2N2O2/c1-3-14(22-15-5-4-11(17)10-13(15)18)16(21)19-12-6-8-20(2)9-7-12/h4-5,10,12,14H,3,6-9H2,1-2H3,(H,19,21)/t14-/m0/s1. The number of rotatable bonds is 5. The zero-order valence-electron chi connectivity index (χ0n) is 12.9. The zero-order chi connectivity index (χ0) is 16.1. The second-order valence-electron chi connectivity index (χ2n) is 5.68. The van der Waals surface area contributed by atoms with Crippen LogP contribution in [0.1, 0.15) is 26.2 Å². The lowest BCUT2D eigenvalue weighted by molar-refractivity contribution is -0.129. The Hall–Kier alpha value is -0.970. The second-order valence-corrected chi connectivity index (χ2v) is 6.52. The number of amides is 1. The third-order valence-electron chi connectivity index (χ3n) is 3.89. The van der Waals surface area contributed by atoms with Crippen molar-refractivity contribution in [3.05, 3.63) is 28.2 Å². The Kier molecular flexibility index (Phi) is 6.36. The normalized spacial score (nSPS) is 18.0. The average molecular weight is 345 g/mol. The maximum Gasteiger partial charge on any atom is 0.261 e. The monoisotopic (exact) mass is 344 g/mol. The van der Waals surface area contributed by atoms with Gasteiger partial charge >= 0.3 is 0 Å². The largest absolute Gasteiger partial charge is 0.479 e. The molecular weight excluding hydrogens is 323 g/mol. The number of carbonyl (C=O) groups is 1. The van der Waals surface area contributed by atoms with Gasteiger partial charge in [-0.15, -0.1) is 0 Å². The van der Waals surface area contributed by atoms with Crippen LogP contribution < -0.4 is 10.1 Å². The van der Waals surface area contributed by atoms with E-state index in [0.29, 0.717) is 22.2 Å². The first-order valence-corrected chi connectivity index (χ1v) is 8.35. The molecule has 4 nitrogen and oxygen atoms in total. The van der Waals surface area contributed by atoms with Gasteiger partial charge in [-0.1, -0.05) is 30.1 Å². The highest BCUT2D eigenvalue weighted by Crippen LogP contribution is 2.28. The molecule has 1 fully saturated rings. The topological polar surface area (TPSA) is 41.6 Å². The van der Waals surface area contributed by atoms with Crippen LogP contribution in [0, 0.1) is 0 Å². The van der Waals surface area contributed by atoms with Crippen molar-refractivity contribution in [3.8, 4) is 5.75 Å². The van der Waals surface area contributed by atoms with E-state index in [4.69, 9.17) is 27.9 Å². The lowest BCUT2D eigenvalue weighted by atomic mass is 10.1. The minimum atomic E-state index is -0.543. The second kappa shape index (κ2) is 8.04. The van der Waals surface area contributed by atoms with E-state index in [1.165, 1.54) is 0 Å². The average Bonchev–Trinajstić information content (AvgIpc) is 2.49. The third-order valence-corrected chi connectivity index (χ3v) is 4.42. The fourth-order valence-electron chi connectivity index (χ4n) is 2.49. The molecule has 6 heteroatoms. The van der Waals surface area contributed by atoms with Gasteiger partial charge in [-0.2, -0.15) is 0 Å². The van der Waals surface area contributed by atoms with Gasteiger partial charge in [0, 0.05) is 11.1 Å². The van der Waals surface area contributed by atoms with Gasteiger partial charge in [-0.3, -0.25) is 4.79 Å². The molecule has 1 amide bonds. The number of ether oxygens (including phenoxy) is 1. The predicted molar refractivity (Wildman–Crippen MR) is 89.8 cm³/mol. The Morgan fingerprint density at radius 3 is 2.68 bits per heavy atom. The van der Waals surface area contributed by atoms with Crippen LogP contribution in [0.4, 0.5) is 0 Å². The van der Waals surface area contributed by atoms with E-state index in [1.54, 1.807) is 18.2 Å². The summed E-state index contributed by atoms with van der Waals surface area (Å²) in [7, 11) is 2.10. The van der Waals surface area contributed by atoms with E-state index < -0.39 is 6.10 Å². The molecule has 1 atom stereocenters. The van der Waals surface area contributed by atoms with Gasteiger partial charge in [0.15, 0.2) is 6.10 Å². The molecule has 1 aliphatic heterocycles. The maximum absolute atomic E-state index is 12.4. The highest BCUT2D eigenvalue weighted by molar-refractivity contribution is 6.35. The lowest BCUT2D eigenvalue weighted by Gasteiger charge is -2.30. The molecule has 1 aliphatic rings. The summed E-state index contributed by atoms with van der Waals surface area (Å²) in [6.07, 6.45) is 1.98. The van der Waals surface area contributed by atoms with Crippen LogP contribution >= 0.6 is 23.2 Å². The Morgan fingerprint density at radius 1 is 1.41 bits per heavy atom. The van der Waals surface area contributed by atoms with Crippen molar-refractivity contribution in [2.75, 3.05) is 20.1 Å². The van der Waals surface area contributed by atoms with Crippen LogP contribution in [0.2, 0.25) is 10.0 Å². The van der Waals surface area contributed by atoms with Gasteiger partial charge < -0.3 is 15.0 Å². The van der Waals surface area contributed by atoms with Gasteiger partial charge in [-0.25, -0.2) is 0 Å². The molecule has 0 aromatic heterocycles. The van der Waals surface area contributed by atoms with Crippen LogP contribution in [0.5, 0.6) is 5.75 Å². The van der Waals surface area contributed by atoms with Gasteiger partial charge in [0.2, 0.25) is 0 Å². The molecule has 1 saturated heterocycles. The molecule has 0 spiro atoms. The fourth-order valence-corrected chi connectivity index (χ4v) is 2.95. The smallest absolute Gasteiger partial charge is 0.261 e. The number of nitrogens with zero attached hydrogens (tertiary/aromatic N) is 1. The Balaban J connectivity index is 1.94. The van der Waals surface area contributed by atoms with Crippen LogP contribution in [0.25, 0.3) is 0 Å². The van der Waals surface area contributed by atoms with E-state index in [2.05, 4.69) is 17.3 Å². The predicted octanol–water partition coefficient (Wildman–Crippen LogP) is 3.36. The first kappa shape index (κ1) is 17.4. The summed E-state index contributed by atoms with van der Waals surface area (Å²) in [5.74, 6) is 0.402. The molecule has 1 aromatic carbocycles. The molecule has 0 saturated carbocycles. The highest BCUT2D eigenvalue weighted by Gasteiger charge is 2.24. The van der Waals surface area contributed by atoms with Gasteiger partial charge in [0.1, 0.15) is 5.75 Å². The molecule has 1 aromatic rings. The zero-order valence-corrected chi connectivity index (χ0v) is 14.5. The van der Waals surface area contributed by atoms with Crippen molar-refractivity contribution in [3.63, 3.8) is 0 Å². The number of likely N-dealkylation sites (tertiary alicyclic amines) is 1. The summed E-state index contributed by atoms with van der Waals surface area (Å²) in [5.41, 5.74) is 0. The number of hydrogen-bond acceptors (Lipinski definition) is 3. The van der Waals surface area contributed by atoms with E-state index >= 15 is 0 Å². The lowest BCUT2D eigenvalue weighted by Crippen LogP contribution is -2.47. The van der Waals surface area contributed by atoms with Crippen molar-refractivity contribution in [1.29, 1.82) is 0 Å². The van der Waals surface area contributed by atoms with E-state index in [9.17, 15) is 4.79 Å². The summed E-state index contributed by atoms with van der Waals surface area (Å²) in [6, 6.07) is 5.22. The number of halogens is 2. The van der Waals surface area contributed by atoms with Crippen molar-refractivity contribution in [2.45, 2.75) is 38.3 Å². The third kappa shape index (κ3) is 4.77. The van der Waals surface area contributed by atoms with E-state index in [-0.39, 0.29) is 11.9 Å². The molecule has 0 radical (unpaired) electrons. The summed E-state index contributed by atoms with van der Waals surface area (Å²) < 4.78 is 5.76. The summed E-state index contributed by atoms with van der Waals surface area (Å²) >= 11 is 12.0. The van der Waals surface area contributed by atoms with Gasteiger partial charge in [-0.05, 0) is 57.6 Å². The molecule has 0 bridgehead atoms. The molecule has 0 unspecified atom stereocenters. The fraction of sp³-hybridized carbons (Fsp3) is 0.562. The van der Waals surface area contributed by atoms with Crippen molar-refractivity contribution >= 4 is 29.1 Å². The number of carbonyl (C=O) groups excluding carboxylic acids is 1. The van der Waals surface area contributed by atoms with Crippen molar-refractivity contribution in [1.82, 2.24) is 10.2 Å². The summed E-state index contributed by atoms with van der Waals surface area (Å²) in [5, 5.41) is 4.04. The molecule has 22 heavy (non-hydrogen) atoms. The number of piperidine rings is 1. The quantitative estimate of drug-likeness (QED) is 0.890. The maximum atomic E-state index is 12.4. The van der Waals surface area contributed by atoms with Gasteiger partial charge in [0.25, 0.3) is 5.91 Å². The van der Waals surface area contributed by atoms with E-state index in [1.807, 2.05) is 6.92 Å². The SMILES string of the molecule is CC[C@H](Oc1ccc(Cl)cc1Cl)C(=O)NC1CCN(C)CC1. The first-order chi connectivity index (χ1) is 10.5. The minimum Gasteiger partial charge on any atom is -0.479 e. The number of benzene rings is 1. The Bertz CT molecular complexity index is 517. The molecule has 1 heterocycles. The summed E-state index contributed by atoms with van der Waals surface area (Å²) in [6.45, 7) is 3.93. The van der Waals surface area contributed by atoms with Crippen LogP contribution in [-0.4, -0.2) is 43.1 Å². The molecule has 2 rings (SSSR count). The molecular formula is C16H22Cl2N2O2. The van der Waals surface area contributed by atoms with Crippen LogP contribution in [0.3, 0.4) is 0 Å². The number of nitrogens with one attached hydrogen (secondary N) is 1. The molecule has 122 valence electrons. The van der Waals surface area contributed by atoms with Crippen LogP contribution in [0.15, 0.2) is 18.2 Å². The van der Waals surface area contributed by atoms with E-state index in [0.717, 1.165) is 25.9 Å². The highest BCUT2D eigenvalue weighted by atomic mass is 35.5. The van der Waals surface area contributed by atoms with Gasteiger partial charge in [0.05, 0.1) is 5.02 Å². The number of hydrogen-bond donors (Lipinski definition) is 1. The summed E-state index contributed by atoms with van der Waals surface area (Å²) in [4.78, 5) is 14.7. The first-order valence-electron chi connectivity index (χ1n) is 7.60. The Labute approximate surface area is 141 Å². The molecule has 1 N–H and O–H groups in total. The van der Waals surface area contributed by atoms with Crippen molar-refractivity contribution < 1.29 is 9.53 Å². The van der Waals surface area contributed by atoms with Crippen molar-refractivity contribution in [2.24, 2.45) is 0 Å². The Morgan fingerprint density at radius 2 is 2.09 bits per heavy atom. The minimum absolute atomic E-state index is 0.0805. The molecule has 0 aliphatic carbocycles.